The van der Waals surface area contributed by atoms with E-state index in [0.717, 1.165) is 5.56 Å². The van der Waals surface area contributed by atoms with Gasteiger partial charge in [0.1, 0.15) is 12.4 Å². The van der Waals surface area contributed by atoms with Crippen LogP contribution in [0.4, 0.5) is 0 Å². The van der Waals surface area contributed by atoms with E-state index in [1.807, 2.05) is 31.2 Å². The van der Waals surface area contributed by atoms with E-state index in [1.54, 1.807) is 6.92 Å². The number of piperidine rings is 1. The number of benzene rings is 1. The van der Waals surface area contributed by atoms with E-state index in [4.69, 9.17) is 9.47 Å². The summed E-state index contributed by atoms with van der Waals surface area (Å²) in [7, 11) is -2.10. The molecule has 0 unspecified atom stereocenters. The third-order valence-electron chi connectivity index (χ3n) is 4.42. The molecule has 0 aromatic heterocycles. The highest BCUT2D eigenvalue weighted by Crippen LogP contribution is 2.22. The molecule has 146 valence electrons. The van der Waals surface area contributed by atoms with Gasteiger partial charge in [0.05, 0.1) is 12.5 Å². The van der Waals surface area contributed by atoms with Gasteiger partial charge < -0.3 is 9.47 Å². The van der Waals surface area contributed by atoms with Crippen LogP contribution in [0.5, 0.6) is 5.75 Å². The van der Waals surface area contributed by atoms with Crippen molar-refractivity contribution in [1.29, 1.82) is 0 Å². The van der Waals surface area contributed by atoms with Crippen LogP contribution in [0.15, 0.2) is 24.3 Å². The van der Waals surface area contributed by atoms with Crippen LogP contribution >= 0.6 is 0 Å². The van der Waals surface area contributed by atoms with Gasteiger partial charge in [-0.1, -0.05) is 17.7 Å². The third kappa shape index (κ3) is 5.43. The number of hydrogen-bond acceptors (Lipinski definition) is 5. The van der Waals surface area contributed by atoms with Crippen molar-refractivity contribution in [3.05, 3.63) is 29.8 Å². The Kier molecular flexibility index (Phi) is 7.43. The SMILES string of the molecule is CCOC(=O)[C@@H]1CCCN(S(=O)(=O)N(C)CCOc2ccc(C)cc2)C1. The predicted octanol–water partition coefficient (Wildman–Crippen LogP) is 1.83. The average molecular weight is 384 g/mol. The number of nitrogens with zero attached hydrogens (tertiary/aromatic N) is 2. The Balaban J connectivity index is 1.88. The molecule has 1 aromatic carbocycles. The van der Waals surface area contributed by atoms with Crippen LogP contribution < -0.4 is 4.74 Å². The van der Waals surface area contributed by atoms with Crippen molar-refractivity contribution in [2.45, 2.75) is 26.7 Å². The summed E-state index contributed by atoms with van der Waals surface area (Å²) in [4.78, 5) is 11.9. The van der Waals surface area contributed by atoms with Gasteiger partial charge in [-0.25, -0.2) is 0 Å². The molecule has 1 heterocycles. The smallest absolute Gasteiger partial charge is 0.310 e. The molecular formula is C18H28N2O5S. The van der Waals surface area contributed by atoms with E-state index in [2.05, 4.69) is 0 Å². The van der Waals surface area contributed by atoms with Crippen molar-refractivity contribution in [1.82, 2.24) is 8.61 Å². The number of carbonyl (C=O) groups excluding carboxylic acids is 1. The standard InChI is InChI=1S/C18H28N2O5S/c1-4-24-18(21)16-6-5-11-20(14-16)26(22,23)19(3)12-13-25-17-9-7-15(2)8-10-17/h7-10,16H,4-6,11-14H2,1-3H3/t16-/m1/s1. The summed E-state index contributed by atoms with van der Waals surface area (Å²) < 4.78 is 38.8. The highest BCUT2D eigenvalue weighted by atomic mass is 32.2. The third-order valence-corrected chi connectivity index (χ3v) is 6.37. The van der Waals surface area contributed by atoms with E-state index in [1.165, 1.54) is 15.7 Å². The fourth-order valence-electron chi connectivity index (χ4n) is 2.84. The van der Waals surface area contributed by atoms with Gasteiger partial charge in [0.15, 0.2) is 0 Å². The number of esters is 1. The molecule has 0 amide bonds. The first kappa shape index (κ1) is 20.7. The summed E-state index contributed by atoms with van der Waals surface area (Å²) in [5, 5.41) is 0. The number of carbonyl (C=O) groups is 1. The molecule has 26 heavy (non-hydrogen) atoms. The maximum Gasteiger partial charge on any atom is 0.310 e. The van der Waals surface area contributed by atoms with Crippen molar-refractivity contribution in [3.63, 3.8) is 0 Å². The predicted molar refractivity (Wildman–Crippen MR) is 99.2 cm³/mol. The van der Waals surface area contributed by atoms with Gasteiger partial charge in [-0.15, -0.1) is 0 Å². The molecular weight excluding hydrogens is 356 g/mol. The summed E-state index contributed by atoms with van der Waals surface area (Å²) in [6.07, 6.45) is 1.31. The van der Waals surface area contributed by atoms with Gasteiger partial charge in [-0.3, -0.25) is 4.79 Å². The minimum Gasteiger partial charge on any atom is -0.492 e. The van der Waals surface area contributed by atoms with E-state index in [0.29, 0.717) is 31.7 Å². The second-order valence-electron chi connectivity index (χ2n) is 6.44. The average Bonchev–Trinajstić information content (AvgIpc) is 2.63. The van der Waals surface area contributed by atoms with E-state index >= 15 is 0 Å². The van der Waals surface area contributed by atoms with Crippen LogP contribution in [0, 0.1) is 12.8 Å². The van der Waals surface area contributed by atoms with Crippen molar-refractivity contribution in [3.8, 4) is 5.75 Å². The molecule has 0 N–H and O–H groups in total. The minimum atomic E-state index is -3.63. The van der Waals surface area contributed by atoms with Crippen LogP contribution in [0.1, 0.15) is 25.3 Å². The lowest BCUT2D eigenvalue weighted by atomic mass is 10.0. The van der Waals surface area contributed by atoms with Gasteiger partial charge in [0.25, 0.3) is 10.2 Å². The number of ether oxygens (including phenoxy) is 2. The van der Waals surface area contributed by atoms with Crippen LogP contribution in [-0.4, -0.2) is 62.9 Å². The highest BCUT2D eigenvalue weighted by Gasteiger charge is 2.35. The fourth-order valence-corrected chi connectivity index (χ4v) is 4.27. The maximum atomic E-state index is 12.7. The number of rotatable bonds is 8. The first-order valence-electron chi connectivity index (χ1n) is 8.92. The first-order chi connectivity index (χ1) is 12.3. The quantitative estimate of drug-likeness (QED) is 0.639. The molecule has 7 nitrogen and oxygen atoms in total. The Morgan fingerprint density at radius 2 is 2.00 bits per heavy atom. The lowest BCUT2D eigenvalue weighted by molar-refractivity contribution is -0.149. The van der Waals surface area contributed by atoms with Crippen LogP contribution in [-0.2, 0) is 19.7 Å². The fraction of sp³-hybridized carbons (Fsp3) is 0.611. The van der Waals surface area contributed by atoms with E-state index in [9.17, 15) is 13.2 Å². The second-order valence-corrected chi connectivity index (χ2v) is 8.48. The molecule has 1 aliphatic heterocycles. The Bertz CT molecular complexity index is 690. The van der Waals surface area contributed by atoms with Gasteiger partial charge in [-0.2, -0.15) is 17.0 Å². The van der Waals surface area contributed by atoms with Gasteiger partial charge in [-0.05, 0) is 38.8 Å². The van der Waals surface area contributed by atoms with E-state index in [-0.39, 0.29) is 25.7 Å². The molecule has 1 atom stereocenters. The van der Waals surface area contributed by atoms with Crippen molar-refractivity contribution >= 4 is 16.2 Å². The number of likely N-dealkylation sites (N-methyl/N-ethyl adjacent to an activating group) is 1. The van der Waals surface area contributed by atoms with Crippen molar-refractivity contribution in [2.24, 2.45) is 5.92 Å². The molecule has 8 heteroatoms. The summed E-state index contributed by atoms with van der Waals surface area (Å²) in [6.45, 7) is 5.12. The molecule has 0 radical (unpaired) electrons. The van der Waals surface area contributed by atoms with Crippen molar-refractivity contribution in [2.75, 3.05) is 39.9 Å². The monoisotopic (exact) mass is 384 g/mol. The van der Waals surface area contributed by atoms with Gasteiger partial charge >= 0.3 is 5.97 Å². The van der Waals surface area contributed by atoms with Gasteiger partial charge in [0.2, 0.25) is 0 Å². The molecule has 0 saturated carbocycles. The Morgan fingerprint density at radius 1 is 1.31 bits per heavy atom. The Labute approximate surface area is 156 Å². The van der Waals surface area contributed by atoms with Crippen LogP contribution in [0.25, 0.3) is 0 Å². The van der Waals surface area contributed by atoms with Crippen molar-refractivity contribution < 1.29 is 22.7 Å². The zero-order chi connectivity index (χ0) is 19.2. The molecule has 0 aliphatic carbocycles. The molecule has 0 spiro atoms. The summed E-state index contributed by atoms with van der Waals surface area (Å²) in [5.41, 5.74) is 1.14. The maximum absolute atomic E-state index is 12.7. The Hall–Kier alpha value is -1.64. The topological polar surface area (TPSA) is 76.2 Å². The van der Waals surface area contributed by atoms with E-state index < -0.39 is 16.1 Å². The zero-order valence-electron chi connectivity index (χ0n) is 15.7. The lowest BCUT2D eigenvalue weighted by Crippen LogP contribution is -2.49. The van der Waals surface area contributed by atoms with Gasteiger partial charge in [0, 0.05) is 26.7 Å². The molecule has 1 aromatic rings. The second kappa shape index (κ2) is 9.34. The summed E-state index contributed by atoms with van der Waals surface area (Å²) in [5.74, 6) is -0.00446. The Morgan fingerprint density at radius 3 is 2.65 bits per heavy atom. The number of aryl methyl sites for hydroxylation is 1. The number of hydrogen-bond donors (Lipinski definition) is 0. The first-order valence-corrected chi connectivity index (χ1v) is 10.3. The normalized spacial score (nSPS) is 18.7. The molecule has 1 saturated heterocycles. The lowest BCUT2D eigenvalue weighted by Gasteiger charge is -2.33. The molecule has 1 aliphatic rings. The summed E-state index contributed by atoms with van der Waals surface area (Å²) in [6, 6.07) is 7.61. The largest absolute Gasteiger partial charge is 0.492 e. The molecule has 2 rings (SSSR count). The highest BCUT2D eigenvalue weighted by molar-refractivity contribution is 7.86. The van der Waals surface area contributed by atoms with Crippen LogP contribution in [0.3, 0.4) is 0 Å². The summed E-state index contributed by atoms with van der Waals surface area (Å²) >= 11 is 0. The molecule has 1 fully saturated rings. The molecule has 0 bridgehead atoms. The minimum absolute atomic E-state index is 0.171. The zero-order valence-corrected chi connectivity index (χ0v) is 16.5. The van der Waals surface area contributed by atoms with Crippen LogP contribution in [0.2, 0.25) is 0 Å².